The number of nitro benzene ring substituents is 1. The standard InChI is InChI=1S/C17H20N2O2/c1-3-14-6-4-5-7-16(14)12-18-13(2)15-8-10-17(11-9-15)19(20)21/h4-11,13,18H,3,12H2,1-2H3. The number of rotatable bonds is 6. The van der Waals surface area contributed by atoms with E-state index >= 15 is 0 Å². The number of non-ortho nitro benzene ring substituents is 1. The zero-order valence-corrected chi connectivity index (χ0v) is 12.4. The van der Waals surface area contributed by atoms with Crippen LogP contribution in [0.1, 0.15) is 36.6 Å². The van der Waals surface area contributed by atoms with E-state index in [4.69, 9.17) is 0 Å². The van der Waals surface area contributed by atoms with Crippen LogP contribution in [0.5, 0.6) is 0 Å². The lowest BCUT2D eigenvalue weighted by molar-refractivity contribution is -0.384. The molecule has 0 radical (unpaired) electrons. The summed E-state index contributed by atoms with van der Waals surface area (Å²) in [4.78, 5) is 10.3. The predicted octanol–water partition coefficient (Wildman–Crippen LogP) is 4.01. The molecule has 1 unspecified atom stereocenters. The number of nitrogens with one attached hydrogen (secondary N) is 1. The molecule has 2 aromatic rings. The van der Waals surface area contributed by atoms with Gasteiger partial charge in [0.15, 0.2) is 0 Å². The minimum Gasteiger partial charge on any atom is -0.306 e. The second-order valence-corrected chi connectivity index (χ2v) is 5.07. The summed E-state index contributed by atoms with van der Waals surface area (Å²) in [5, 5.41) is 14.1. The normalized spacial score (nSPS) is 12.1. The molecular weight excluding hydrogens is 264 g/mol. The van der Waals surface area contributed by atoms with Crippen LogP contribution < -0.4 is 5.32 Å². The molecule has 0 fully saturated rings. The van der Waals surface area contributed by atoms with Crippen molar-refractivity contribution in [2.45, 2.75) is 32.9 Å². The Bertz CT molecular complexity index is 608. The molecule has 2 rings (SSSR count). The van der Waals surface area contributed by atoms with Crippen LogP contribution in [0.15, 0.2) is 48.5 Å². The Kier molecular flexibility index (Phi) is 5.06. The molecular formula is C17H20N2O2. The lowest BCUT2D eigenvalue weighted by Gasteiger charge is -2.16. The highest BCUT2D eigenvalue weighted by Gasteiger charge is 2.09. The molecule has 4 heteroatoms. The van der Waals surface area contributed by atoms with E-state index in [1.54, 1.807) is 12.1 Å². The summed E-state index contributed by atoms with van der Waals surface area (Å²) < 4.78 is 0. The van der Waals surface area contributed by atoms with E-state index in [-0.39, 0.29) is 16.7 Å². The molecule has 0 aromatic heterocycles. The van der Waals surface area contributed by atoms with Gasteiger partial charge in [-0.15, -0.1) is 0 Å². The second-order valence-electron chi connectivity index (χ2n) is 5.07. The summed E-state index contributed by atoms with van der Waals surface area (Å²) in [5.74, 6) is 0. The number of nitrogens with zero attached hydrogens (tertiary/aromatic N) is 1. The summed E-state index contributed by atoms with van der Waals surface area (Å²) in [5.41, 5.74) is 3.83. The highest BCUT2D eigenvalue weighted by atomic mass is 16.6. The van der Waals surface area contributed by atoms with E-state index < -0.39 is 0 Å². The third-order valence-corrected chi connectivity index (χ3v) is 3.70. The molecule has 110 valence electrons. The van der Waals surface area contributed by atoms with Gasteiger partial charge >= 0.3 is 0 Å². The van der Waals surface area contributed by atoms with Crippen LogP contribution in [-0.2, 0) is 13.0 Å². The maximum Gasteiger partial charge on any atom is 0.269 e. The first-order valence-electron chi connectivity index (χ1n) is 7.16. The van der Waals surface area contributed by atoms with Crippen molar-refractivity contribution in [2.75, 3.05) is 0 Å². The van der Waals surface area contributed by atoms with Gasteiger partial charge in [0.25, 0.3) is 5.69 Å². The molecule has 0 bridgehead atoms. The lowest BCUT2D eigenvalue weighted by Crippen LogP contribution is -2.18. The van der Waals surface area contributed by atoms with Gasteiger partial charge in [-0.3, -0.25) is 10.1 Å². The van der Waals surface area contributed by atoms with Crippen molar-refractivity contribution < 1.29 is 4.92 Å². The van der Waals surface area contributed by atoms with Gasteiger partial charge < -0.3 is 5.32 Å². The molecule has 0 saturated carbocycles. The quantitative estimate of drug-likeness (QED) is 0.644. The summed E-state index contributed by atoms with van der Waals surface area (Å²) >= 11 is 0. The number of hydrogen-bond donors (Lipinski definition) is 1. The Labute approximate surface area is 125 Å². The van der Waals surface area contributed by atoms with E-state index in [9.17, 15) is 10.1 Å². The zero-order chi connectivity index (χ0) is 15.2. The Balaban J connectivity index is 2.01. The Morgan fingerprint density at radius 3 is 2.29 bits per heavy atom. The third kappa shape index (κ3) is 3.89. The van der Waals surface area contributed by atoms with Gasteiger partial charge in [0.2, 0.25) is 0 Å². The van der Waals surface area contributed by atoms with Crippen molar-refractivity contribution in [2.24, 2.45) is 0 Å². The smallest absolute Gasteiger partial charge is 0.269 e. The van der Waals surface area contributed by atoms with Crippen LogP contribution in [0, 0.1) is 10.1 Å². The van der Waals surface area contributed by atoms with Crippen molar-refractivity contribution in [3.05, 3.63) is 75.3 Å². The first-order chi connectivity index (χ1) is 10.1. The summed E-state index contributed by atoms with van der Waals surface area (Å²) in [6.45, 7) is 5.01. The fourth-order valence-corrected chi connectivity index (χ4v) is 2.34. The first kappa shape index (κ1) is 15.2. The zero-order valence-electron chi connectivity index (χ0n) is 12.4. The number of nitro groups is 1. The molecule has 0 amide bonds. The average Bonchev–Trinajstić information content (AvgIpc) is 2.52. The largest absolute Gasteiger partial charge is 0.306 e. The van der Waals surface area contributed by atoms with E-state index in [1.165, 1.54) is 11.1 Å². The molecule has 1 N–H and O–H groups in total. The molecule has 0 heterocycles. The van der Waals surface area contributed by atoms with Gasteiger partial charge in [-0.05, 0) is 30.0 Å². The Morgan fingerprint density at radius 2 is 1.71 bits per heavy atom. The average molecular weight is 284 g/mol. The molecule has 21 heavy (non-hydrogen) atoms. The molecule has 0 saturated heterocycles. The lowest BCUT2D eigenvalue weighted by atomic mass is 10.0. The van der Waals surface area contributed by atoms with Crippen LogP contribution in [0.2, 0.25) is 0 Å². The maximum absolute atomic E-state index is 10.7. The third-order valence-electron chi connectivity index (χ3n) is 3.70. The number of benzene rings is 2. The topological polar surface area (TPSA) is 55.2 Å². The fraction of sp³-hybridized carbons (Fsp3) is 0.294. The minimum absolute atomic E-state index is 0.127. The minimum atomic E-state index is -0.376. The van der Waals surface area contributed by atoms with Crippen LogP contribution >= 0.6 is 0 Å². The summed E-state index contributed by atoms with van der Waals surface area (Å²) in [6.07, 6.45) is 1.02. The van der Waals surface area contributed by atoms with Crippen molar-refractivity contribution >= 4 is 5.69 Å². The van der Waals surface area contributed by atoms with Crippen LogP contribution in [0.25, 0.3) is 0 Å². The van der Waals surface area contributed by atoms with Gasteiger partial charge in [-0.25, -0.2) is 0 Å². The van der Waals surface area contributed by atoms with Crippen molar-refractivity contribution in [1.29, 1.82) is 0 Å². The van der Waals surface area contributed by atoms with Crippen LogP contribution in [0.3, 0.4) is 0 Å². The number of aryl methyl sites for hydroxylation is 1. The monoisotopic (exact) mass is 284 g/mol. The molecule has 1 atom stereocenters. The van der Waals surface area contributed by atoms with Crippen LogP contribution in [-0.4, -0.2) is 4.92 Å². The summed E-state index contributed by atoms with van der Waals surface area (Å²) in [7, 11) is 0. The Morgan fingerprint density at radius 1 is 1.10 bits per heavy atom. The van der Waals surface area contributed by atoms with Gasteiger partial charge in [-0.1, -0.05) is 43.3 Å². The van der Waals surface area contributed by atoms with Crippen molar-refractivity contribution in [3.8, 4) is 0 Å². The second kappa shape index (κ2) is 6.99. The SMILES string of the molecule is CCc1ccccc1CNC(C)c1ccc([N+](=O)[O-])cc1. The van der Waals surface area contributed by atoms with Gasteiger partial charge in [-0.2, -0.15) is 0 Å². The van der Waals surface area contributed by atoms with Crippen LogP contribution in [0.4, 0.5) is 5.69 Å². The van der Waals surface area contributed by atoms with E-state index in [0.717, 1.165) is 18.5 Å². The van der Waals surface area contributed by atoms with Gasteiger partial charge in [0.05, 0.1) is 4.92 Å². The molecule has 0 spiro atoms. The van der Waals surface area contributed by atoms with Gasteiger partial charge in [0, 0.05) is 24.7 Å². The highest BCUT2D eigenvalue weighted by Crippen LogP contribution is 2.18. The van der Waals surface area contributed by atoms with Crippen molar-refractivity contribution in [1.82, 2.24) is 5.32 Å². The van der Waals surface area contributed by atoms with Crippen molar-refractivity contribution in [3.63, 3.8) is 0 Å². The van der Waals surface area contributed by atoms with E-state index in [2.05, 4.69) is 37.4 Å². The molecule has 0 aliphatic carbocycles. The predicted molar refractivity (Wildman–Crippen MR) is 84.2 cm³/mol. The molecule has 0 aliphatic rings. The Hall–Kier alpha value is -2.20. The van der Waals surface area contributed by atoms with E-state index in [0.29, 0.717) is 0 Å². The maximum atomic E-state index is 10.7. The molecule has 2 aromatic carbocycles. The summed E-state index contributed by atoms with van der Waals surface area (Å²) in [6, 6.07) is 15.2. The highest BCUT2D eigenvalue weighted by molar-refractivity contribution is 5.34. The molecule has 4 nitrogen and oxygen atoms in total. The molecule has 0 aliphatic heterocycles. The first-order valence-corrected chi connectivity index (χ1v) is 7.16. The van der Waals surface area contributed by atoms with E-state index in [1.807, 2.05) is 18.2 Å². The van der Waals surface area contributed by atoms with Gasteiger partial charge in [0.1, 0.15) is 0 Å². The number of hydrogen-bond acceptors (Lipinski definition) is 3. The fourth-order valence-electron chi connectivity index (χ4n) is 2.34.